The van der Waals surface area contributed by atoms with Crippen LogP contribution in [0, 0.1) is 5.92 Å². The number of amides is 2. The second kappa shape index (κ2) is 8.79. The number of nitrogens with one attached hydrogen (secondary N) is 2. The number of fused-ring (bicyclic) bond motifs is 1. The number of hydrogen-bond acceptors (Lipinski definition) is 2. The van der Waals surface area contributed by atoms with E-state index in [1.807, 2.05) is 6.07 Å². The molecule has 1 aliphatic carbocycles. The van der Waals surface area contributed by atoms with Crippen LogP contribution in [0.15, 0.2) is 24.3 Å². The first-order chi connectivity index (χ1) is 10.7. The van der Waals surface area contributed by atoms with Crippen LogP contribution in [0.1, 0.15) is 56.2 Å². The van der Waals surface area contributed by atoms with Gasteiger partial charge in [-0.25, -0.2) is 4.79 Å². The van der Waals surface area contributed by atoms with E-state index in [0.29, 0.717) is 12.5 Å². The van der Waals surface area contributed by atoms with Crippen molar-refractivity contribution in [2.75, 3.05) is 13.2 Å². The number of benzene rings is 1. The van der Waals surface area contributed by atoms with Gasteiger partial charge >= 0.3 is 6.03 Å². The predicted molar refractivity (Wildman–Crippen MR) is 88.8 cm³/mol. The molecule has 1 aromatic carbocycles. The number of aliphatic hydroxyl groups excluding tert-OH is 1. The van der Waals surface area contributed by atoms with Crippen molar-refractivity contribution in [2.24, 2.45) is 5.92 Å². The lowest BCUT2D eigenvalue weighted by Crippen LogP contribution is -2.41. The number of carbonyl (C=O) groups is 1. The molecule has 4 nitrogen and oxygen atoms in total. The van der Waals surface area contributed by atoms with Gasteiger partial charge in [0.05, 0.1) is 6.04 Å². The third-order valence-electron chi connectivity index (χ3n) is 4.46. The molecule has 2 amide bonds. The molecule has 0 aromatic heterocycles. The Morgan fingerprint density at radius 2 is 2.18 bits per heavy atom. The standard InChI is InChI=1S/C18H28N2O2/c1-2-6-14(11-12-21)13-19-18(22)20-17-10-5-8-15-7-3-4-9-16(15)17/h3-4,7,9,14,17,21H,2,5-6,8,10-13H2,1H3,(H2,19,20,22). The number of hydrogen-bond donors (Lipinski definition) is 3. The SMILES string of the molecule is CCCC(CCO)CNC(=O)NC1CCCc2ccccc21. The zero-order valence-electron chi connectivity index (χ0n) is 13.5. The van der Waals surface area contributed by atoms with Crippen LogP contribution >= 0.6 is 0 Å². The largest absolute Gasteiger partial charge is 0.396 e. The highest BCUT2D eigenvalue weighted by Crippen LogP contribution is 2.29. The monoisotopic (exact) mass is 304 g/mol. The van der Waals surface area contributed by atoms with Gasteiger partial charge in [-0.2, -0.15) is 0 Å². The molecule has 0 heterocycles. The Balaban J connectivity index is 1.85. The number of aliphatic hydroxyl groups is 1. The highest BCUT2D eigenvalue weighted by atomic mass is 16.3. The van der Waals surface area contributed by atoms with Gasteiger partial charge in [0.2, 0.25) is 0 Å². The third-order valence-corrected chi connectivity index (χ3v) is 4.46. The summed E-state index contributed by atoms with van der Waals surface area (Å²) in [7, 11) is 0. The normalized spacial score (nSPS) is 18.4. The maximum Gasteiger partial charge on any atom is 0.315 e. The molecule has 0 radical (unpaired) electrons. The van der Waals surface area contributed by atoms with Crippen molar-refractivity contribution in [1.82, 2.24) is 10.6 Å². The molecule has 0 aliphatic heterocycles. The number of carbonyl (C=O) groups excluding carboxylic acids is 1. The molecule has 2 rings (SSSR count). The Morgan fingerprint density at radius 3 is 2.95 bits per heavy atom. The Kier molecular flexibility index (Phi) is 6.72. The first-order valence-electron chi connectivity index (χ1n) is 8.47. The third kappa shape index (κ3) is 4.73. The minimum Gasteiger partial charge on any atom is -0.396 e. The average molecular weight is 304 g/mol. The van der Waals surface area contributed by atoms with Gasteiger partial charge in [0.25, 0.3) is 0 Å². The van der Waals surface area contributed by atoms with Crippen LogP contribution in [0.2, 0.25) is 0 Å². The lowest BCUT2D eigenvalue weighted by molar-refractivity contribution is 0.225. The van der Waals surface area contributed by atoms with Gasteiger partial charge in [0, 0.05) is 13.2 Å². The lowest BCUT2D eigenvalue weighted by Gasteiger charge is -2.27. The summed E-state index contributed by atoms with van der Waals surface area (Å²) < 4.78 is 0. The Morgan fingerprint density at radius 1 is 1.36 bits per heavy atom. The molecular weight excluding hydrogens is 276 g/mol. The van der Waals surface area contributed by atoms with Crippen molar-refractivity contribution >= 4 is 6.03 Å². The van der Waals surface area contributed by atoms with E-state index in [2.05, 4.69) is 35.8 Å². The highest BCUT2D eigenvalue weighted by Gasteiger charge is 2.21. The predicted octanol–water partition coefficient (Wildman–Crippen LogP) is 3.16. The van der Waals surface area contributed by atoms with Crippen molar-refractivity contribution in [3.05, 3.63) is 35.4 Å². The Labute approximate surface area is 133 Å². The zero-order chi connectivity index (χ0) is 15.8. The molecule has 1 aromatic rings. The van der Waals surface area contributed by atoms with E-state index in [1.54, 1.807) is 0 Å². The summed E-state index contributed by atoms with van der Waals surface area (Å²) in [5.41, 5.74) is 2.60. The Bertz CT molecular complexity index is 470. The van der Waals surface area contributed by atoms with Crippen molar-refractivity contribution < 1.29 is 9.90 Å². The molecule has 2 atom stereocenters. The maximum absolute atomic E-state index is 12.1. The van der Waals surface area contributed by atoms with Crippen LogP contribution in [0.5, 0.6) is 0 Å². The Hall–Kier alpha value is -1.55. The van der Waals surface area contributed by atoms with Crippen LogP contribution < -0.4 is 10.6 Å². The van der Waals surface area contributed by atoms with Crippen LogP contribution in [0.4, 0.5) is 4.79 Å². The van der Waals surface area contributed by atoms with Crippen LogP contribution in [0.3, 0.4) is 0 Å². The quantitative estimate of drug-likeness (QED) is 0.724. The minimum absolute atomic E-state index is 0.0965. The van der Waals surface area contributed by atoms with E-state index in [9.17, 15) is 4.79 Å². The summed E-state index contributed by atoms with van der Waals surface area (Å²) in [5, 5.41) is 15.1. The number of urea groups is 1. The van der Waals surface area contributed by atoms with Crippen molar-refractivity contribution in [1.29, 1.82) is 0 Å². The summed E-state index contributed by atoms with van der Waals surface area (Å²) in [4.78, 5) is 12.1. The summed E-state index contributed by atoms with van der Waals surface area (Å²) in [6.45, 7) is 2.95. The van der Waals surface area contributed by atoms with Crippen LogP contribution in [-0.4, -0.2) is 24.3 Å². The molecule has 0 saturated carbocycles. The number of aryl methyl sites for hydroxylation is 1. The van der Waals surface area contributed by atoms with Gasteiger partial charge in [-0.1, -0.05) is 37.6 Å². The fourth-order valence-corrected chi connectivity index (χ4v) is 3.29. The highest BCUT2D eigenvalue weighted by molar-refractivity contribution is 5.74. The van der Waals surface area contributed by atoms with Crippen molar-refractivity contribution in [3.63, 3.8) is 0 Å². The minimum atomic E-state index is -0.0965. The molecule has 122 valence electrons. The smallest absolute Gasteiger partial charge is 0.315 e. The summed E-state index contributed by atoms with van der Waals surface area (Å²) >= 11 is 0. The lowest BCUT2D eigenvalue weighted by atomic mass is 9.88. The number of rotatable bonds is 7. The van der Waals surface area contributed by atoms with E-state index in [1.165, 1.54) is 11.1 Å². The van der Waals surface area contributed by atoms with Gasteiger partial charge in [-0.15, -0.1) is 0 Å². The van der Waals surface area contributed by atoms with E-state index in [-0.39, 0.29) is 18.7 Å². The molecule has 0 saturated heterocycles. The van der Waals surface area contributed by atoms with Crippen LogP contribution in [0.25, 0.3) is 0 Å². The summed E-state index contributed by atoms with van der Waals surface area (Å²) in [6, 6.07) is 8.39. The van der Waals surface area contributed by atoms with Crippen LogP contribution in [-0.2, 0) is 6.42 Å². The topological polar surface area (TPSA) is 61.4 Å². The first kappa shape index (κ1) is 16.8. The second-order valence-corrected chi connectivity index (χ2v) is 6.16. The summed E-state index contributed by atoms with van der Waals surface area (Å²) in [6.07, 6.45) is 6.08. The van der Waals surface area contributed by atoms with Gasteiger partial charge in [-0.05, 0) is 49.1 Å². The molecule has 22 heavy (non-hydrogen) atoms. The van der Waals surface area contributed by atoms with Gasteiger partial charge in [-0.3, -0.25) is 0 Å². The fraction of sp³-hybridized carbons (Fsp3) is 0.611. The molecule has 0 fully saturated rings. The van der Waals surface area contributed by atoms with E-state index >= 15 is 0 Å². The fourth-order valence-electron chi connectivity index (χ4n) is 3.29. The maximum atomic E-state index is 12.1. The molecule has 0 spiro atoms. The van der Waals surface area contributed by atoms with Gasteiger partial charge in [0.15, 0.2) is 0 Å². The van der Waals surface area contributed by atoms with E-state index < -0.39 is 0 Å². The van der Waals surface area contributed by atoms with Gasteiger partial charge < -0.3 is 15.7 Å². The van der Waals surface area contributed by atoms with E-state index in [4.69, 9.17) is 5.11 Å². The summed E-state index contributed by atoms with van der Waals surface area (Å²) in [5.74, 6) is 0.361. The molecule has 1 aliphatic rings. The zero-order valence-corrected chi connectivity index (χ0v) is 13.5. The molecule has 0 bridgehead atoms. The van der Waals surface area contributed by atoms with E-state index in [0.717, 1.165) is 38.5 Å². The average Bonchev–Trinajstić information content (AvgIpc) is 2.53. The molecule has 2 unspecified atom stereocenters. The van der Waals surface area contributed by atoms with Crippen molar-refractivity contribution in [2.45, 2.75) is 51.5 Å². The molecular formula is C18H28N2O2. The molecule has 4 heteroatoms. The second-order valence-electron chi connectivity index (χ2n) is 6.16. The first-order valence-corrected chi connectivity index (χ1v) is 8.47. The van der Waals surface area contributed by atoms with Crippen molar-refractivity contribution in [3.8, 4) is 0 Å². The van der Waals surface area contributed by atoms with Gasteiger partial charge in [0.1, 0.15) is 0 Å². The molecule has 3 N–H and O–H groups in total.